The van der Waals surface area contributed by atoms with Gasteiger partial charge in [0.1, 0.15) is 6.17 Å². The van der Waals surface area contributed by atoms with E-state index in [1.54, 1.807) is 0 Å². The summed E-state index contributed by atoms with van der Waals surface area (Å²) in [5, 5.41) is 10.4. The molecule has 0 fully saturated rings. The van der Waals surface area contributed by atoms with Gasteiger partial charge in [0.05, 0.1) is 5.84 Å². The molecule has 1 atom stereocenters. The van der Waals surface area contributed by atoms with E-state index in [1.807, 2.05) is 35.6 Å². The summed E-state index contributed by atoms with van der Waals surface area (Å²) in [6.07, 6.45) is 6.52. The number of fused-ring (bicyclic) bond motifs is 7. The number of aromatic nitrogens is 1. The molecule has 3 heterocycles. The van der Waals surface area contributed by atoms with Crippen molar-refractivity contribution in [3.63, 3.8) is 0 Å². The first-order chi connectivity index (χ1) is 21.8. The maximum Gasteiger partial charge on any atom is 0.111 e. The van der Waals surface area contributed by atoms with Crippen molar-refractivity contribution in [3.05, 3.63) is 148 Å². The minimum absolute atomic E-state index is 0.435. The molecule has 7 aromatic rings. The Balaban J connectivity index is 1.29. The second-order valence-corrected chi connectivity index (χ2v) is 12.3. The molecule has 1 aliphatic carbocycles. The number of hydrogen-bond acceptors (Lipinski definition) is 3. The highest BCUT2D eigenvalue weighted by Crippen LogP contribution is 2.38. The van der Waals surface area contributed by atoms with Crippen LogP contribution in [0.25, 0.3) is 60.5 Å². The Bertz CT molecular complexity index is 2410. The van der Waals surface area contributed by atoms with Gasteiger partial charge in [-0.25, -0.2) is 0 Å². The standard InChI is InChI=1S/C39H27N4S/c1-3-12-25(13-4-1)27-16-11-17-28(24-27)38-40-37(26-14-5-2-6-15-26)41-39(42-38)43-33-20-9-7-18-29(33)31-22-23-32-30-19-8-10-21-34(30)44-36(32)35(31)43/h1-7,9,11-24,38H,8,10H2/q-1. The van der Waals surface area contributed by atoms with Crippen LogP contribution in [0.2, 0.25) is 0 Å². The fraction of sp³-hybridized carbons (Fsp3) is 0.0769. The first-order valence-corrected chi connectivity index (χ1v) is 15.9. The fourth-order valence-electron chi connectivity index (χ4n) is 6.55. The number of benzene rings is 5. The van der Waals surface area contributed by atoms with Crippen molar-refractivity contribution in [2.75, 3.05) is 0 Å². The van der Waals surface area contributed by atoms with Crippen LogP contribution in [-0.2, 0) is 0 Å². The average molecular weight is 584 g/mol. The van der Waals surface area contributed by atoms with Crippen LogP contribution in [0.4, 0.5) is 0 Å². The summed E-state index contributed by atoms with van der Waals surface area (Å²) in [7, 11) is 0. The van der Waals surface area contributed by atoms with E-state index in [2.05, 4.69) is 114 Å². The lowest BCUT2D eigenvalue weighted by atomic mass is 10.0. The van der Waals surface area contributed by atoms with Crippen molar-refractivity contribution in [2.45, 2.75) is 19.0 Å². The molecule has 4 nitrogen and oxygen atoms in total. The van der Waals surface area contributed by atoms with Crippen molar-refractivity contribution in [2.24, 2.45) is 9.98 Å². The van der Waals surface area contributed by atoms with Gasteiger partial charge in [-0.1, -0.05) is 127 Å². The summed E-state index contributed by atoms with van der Waals surface area (Å²) in [4.78, 5) is 10.3. The molecule has 0 saturated carbocycles. The monoisotopic (exact) mass is 583 g/mol. The van der Waals surface area contributed by atoms with E-state index in [1.165, 1.54) is 41.7 Å². The van der Waals surface area contributed by atoms with Gasteiger partial charge in [0.25, 0.3) is 0 Å². The molecule has 5 aromatic carbocycles. The summed E-state index contributed by atoms with van der Waals surface area (Å²) < 4.78 is 4.92. The van der Waals surface area contributed by atoms with E-state index in [-0.39, 0.29) is 0 Å². The molecule has 2 aliphatic rings. The third kappa shape index (κ3) is 4.04. The largest absolute Gasteiger partial charge is 0.365 e. The Morgan fingerprint density at radius 1 is 0.659 bits per heavy atom. The minimum atomic E-state index is -0.435. The number of nitrogens with zero attached hydrogens (tertiary/aromatic N) is 4. The highest BCUT2D eigenvalue weighted by Gasteiger charge is 2.20. The zero-order chi connectivity index (χ0) is 29.0. The lowest BCUT2D eigenvalue weighted by Crippen LogP contribution is -2.21. The second-order valence-electron chi connectivity index (χ2n) is 11.3. The Morgan fingerprint density at radius 3 is 2.25 bits per heavy atom. The summed E-state index contributed by atoms with van der Waals surface area (Å²) in [6, 6.07) is 42.5. The molecule has 0 radical (unpaired) electrons. The molecule has 1 unspecified atom stereocenters. The van der Waals surface area contributed by atoms with Gasteiger partial charge in [-0.15, -0.1) is 11.3 Å². The number of para-hydroxylation sites is 1. The molecule has 0 saturated heterocycles. The number of amidine groups is 1. The predicted molar refractivity (Wildman–Crippen MR) is 186 cm³/mol. The summed E-state index contributed by atoms with van der Waals surface area (Å²) >= 11 is 1.88. The third-order valence-corrected chi connectivity index (χ3v) is 9.84. The lowest BCUT2D eigenvalue weighted by Gasteiger charge is -2.32. The van der Waals surface area contributed by atoms with Crippen LogP contribution < -0.4 is 9.75 Å². The van der Waals surface area contributed by atoms with Crippen LogP contribution >= 0.6 is 11.3 Å². The van der Waals surface area contributed by atoms with Gasteiger partial charge in [0.15, 0.2) is 0 Å². The number of thiophene rings is 1. The molecule has 1 aliphatic heterocycles. The van der Waals surface area contributed by atoms with E-state index >= 15 is 0 Å². The Kier molecular flexibility index (Phi) is 5.84. The summed E-state index contributed by atoms with van der Waals surface area (Å²) in [5.74, 6) is 1.35. The van der Waals surface area contributed by atoms with Gasteiger partial charge in [-0.05, 0) is 57.1 Å². The van der Waals surface area contributed by atoms with Crippen LogP contribution in [0.3, 0.4) is 0 Å². The van der Waals surface area contributed by atoms with Gasteiger partial charge in [-0.3, -0.25) is 4.99 Å². The molecule has 0 amide bonds. The van der Waals surface area contributed by atoms with E-state index in [0.29, 0.717) is 11.8 Å². The number of rotatable bonds is 3. The van der Waals surface area contributed by atoms with Crippen molar-refractivity contribution < 1.29 is 0 Å². The molecule has 0 bridgehead atoms. The Hall–Kier alpha value is -5.26. The zero-order valence-corrected chi connectivity index (χ0v) is 24.7. The fourth-order valence-corrected chi connectivity index (χ4v) is 7.86. The van der Waals surface area contributed by atoms with Crippen LogP contribution in [0.1, 0.15) is 30.1 Å². The maximum atomic E-state index is 5.31. The predicted octanol–water partition coefficient (Wildman–Crippen LogP) is 8.77. The molecule has 5 heteroatoms. The van der Waals surface area contributed by atoms with Crippen LogP contribution in [0, 0.1) is 0 Å². The Labute approximate surface area is 258 Å². The molecule has 2 aromatic heterocycles. The normalized spacial score (nSPS) is 16.1. The highest BCUT2D eigenvalue weighted by molar-refractivity contribution is 7.18. The van der Waals surface area contributed by atoms with Gasteiger partial charge in [0, 0.05) is 31.7 Å². The summed E-state index contributed by atoms with van der Waals surface area (Å²) in [5.41, 5.74) is 6.60. The van der Waals surface area contributed by atoms with Crippen molar-refractivity contribution in [3.8, 4) is 11.1 Å². The quantitative estimate of drug-likeness (QED) is 0.200. The van der Waals surface area contributed by atoms with Crippen LogP contribution in [-0.4, -0.2) is 16.4 Å². The average Bonchev–Trinajstić information content (AvgIpc) is 3.65. The molecule has 44 heavy (non-hydrogen) atoms. The van der Waals surface area contributed by atoms with Crippen LogP contribution in [0.5, 0.6) is 0 Å². The maximum absolute atomic E-state index is 5.31. The molecular formula is C39H27N4S-. The van der Waals surface area contributed by atoms with Gasteiger partial charge >= 0.3 is 0 Å². The van der Waals surface area contributed by atoms with E-state index in [4.69, 9.17) is 15.3 Å². The van der Waals surface area contributed by atoms with Crippen molar-refractivity contribution >= 4 is 67.2 Å². The highest BCUT2D eigenvalue weighted by atomic mass is 32.1. The zero-order valence-electron chi connectivity index (χ0n) is 23.9. The van der Waals surface area contributed by atoms with E-state index in [9.17, 15) is 0 Å². The second kappa shape index (κ2) is 10.2. The van der Waals surface area contributed by atoms with E-state index in [0.717, 1.165) is 35.0 Å². The molecular weight excluding hydrogens is 557 g/mol. The van der Waals surface area contributed by atoms with Crippen molar-refractivity contribution in [1.29, 1.82) is 0 Å². The topological polar surface area (TPSA) is 43.8 Å². The van der Waals surface area contributed by atoms with Crippen LogP contribution in [0.15, 0.2) is 131 Å². The summed E-state index contributed by atoms with van der Waals surface area (Å²) in [6.45, 7) is 0. The first kappa shape index (κ1) is 25.3. The first-order valence-electron chi connectivity index (χ1n) is 15.1. The van der Waals surface area contributed by atoms with Gasteiger partial charge in [-0.2, -0.15) is 0 Å². The smallest absolute Gasteiger partial charge is 0.111 e. The number of aliphatic imine (C=N–C) groups is 2. The SMILES string of the molecule is C1=c2sc3c(ccc4c5ccccc5n(C5=NC(c6ccccc6)=NC(c6cccc(-c7ccccc7)c6)[N-]5)c43)c2=CCC1. The van der Waals surface area contributed by atoms with E-state index < -0.39 is 6.17 Å². The minimum Gasteiger partial charge on any atom is -0.365 e. The molecule has 210 valence electrons. The third-order valence-electron chi connectivity index (χ3n) is 8.61. The molecule has 0 spiro atoms. The van der Waals surface area contributed by atoms with Gasteiger partial charge < -0.3 is 14.9 Å². The van der Waals surface area contributed by atoms with Crippen molar-refractivity contribution in [1.82, 2.24) is 4.57 Å². The van der Waals surface area contributed by atoms with Gasteiger partial charge in [0.2, 0.25) is 0 Å². The Morgan fingerprint density at radius 2 is 1.39 bits per heavy atom. The lowest BCUT2D eigenvalue weighted by molar-refractivity contribution is 0.868. The molecule has 0 N–H and O–H groups in total. The number of hydrogen-bond donors (Lipinski definition) is 0. The molecule has 9 rings (SSSR count).